The minimum Gasteiger partial charge on any atom is -0.497 e. The van der Waals surface area contributed by atoms with Crippen LogP contribution in [0.4, 0.5) is 10.1 Å². The van der Waals surface area contributed by atoms with Crippen LogP contribution >= 0.6 is 0 Å². The van der Waals surface area contributed by atoms with Crippen LogP contribution < -0.4 is 14.4 Å². The van der Waals surface area contributed by atoms with Gasteiger partial charge in [0.25, 0.3) is 5.91 Å². The smallest absolute Gasteiger partial charge is 0.254 e. The summed E-state index contributed by atoms with van der Waals surface area (Å²) in [5.74, 6) is 1.02. The van der Waals surface area contributed by atoms with Crippen molar-refractivity contribution in [2.24, 2.45) is 0 Å². The lowest BCUT2D eigenvalue weighted by Crippen LogP contribution is -2.48. The maximum atomic E-state index is 13.7. The van der Waals surface area contributed by atoms with Crippen LogP contribution in [0.1, 0.15) is 10.4 Å². The number of aromatic nitrogens is 1. The maximum Gasteiger partial charge on any atom is 0.254 e. The van der Waals surface area contributed by atoms with Crippen molar-refractivity contribution in [3.63, 3.8) is 0 Å². The highest BCUT2D eigenvalue weighted by Gasteiger charge is 2.25. The zero-order chi connectivity index (χ0) is 24.4. The molecule has 0 saturated carbocycles. The quantitative estimate of drug-likeness (QED) is 0.409. The van der Waals surface area contributed by atoms with Crippen LogP contribution in [0.2, 0.25) is 0 Å². The molecule has 0 spiro atoms. The van der Waals surface area contributed by atoms with Crippen molar-refractivity contribution in [3.05, 3.63) is 84.2 Å². The van der Waals surface area contributed by atoms with Crippen LogP contribution in [0.25, 0.3) is 22.2 Å². The summed E-state index contributed by atoms with van der Waals surface area (Å²) in [6, 6.07) is 21.6. The van der Waals surface area contributed by atoms with Gasteiger partial charge in [-0.05, 0) is 48.5 Å². The predicted molar refractivity (Wildman–Crippen MR) is 135 cm³/mol. The number of carbonyl (C=O) groups is 1. The number of fused-ring (bicyclic) bond motifs is 1. The summed E-state index contributed by atoms with van der Waals surface area (Å²) in [4.78, 5) is 22.6. The van der Waals surface area contributed by atoms with Crippen molar-refractivity contribution in [2.45, 2.75) is 0 Å². The van der Waals surface area contributed by atoms with Gasteiger partial charge in [-0.2, -0.15) is 0 Å². The summed E-state index contributed by atoms with van der Waals surface area (Å²) in [5.41, 5.74) is 3.77. The summed E-state index contributed by atoms with van der Waals surface area (Å²) in [5, 5.41) is 0.815. The largest absolute Gasteiger partial charge is 0.497 e. The summed E-state index contributed by atoms with van der Waals surface area (Å²) < 4.78 is 24.2. The fourth-order valence-corrected chi connectivity index (χ4v) is 4.49. The number of para-hydroxylation sites is 1. The van der Waals surface area contributed by atoms with Crippen molar-refractivity contribution in [1.29, 1.82) is 0 Å². The van der Waals surface area contributed by atoms with Crippen LogP contribution in [-0.2, 0) is 0 Å². The van der Waals surface area contributed by atoms with E-state index in [1.54, 1.807) is 26.4 Å². The van der Waals surface area contributed by atoms with E-state index in [1.807, 2.05) is 53.4 Å². The molecule has 1 aliphatic heterocycles. The Morgan fingerprint density at radius 3 is 2.34 bits per heavy atom. The molecule has 0 unspecified atom stereocenters. The number of benzene rings is 3. The van der Waals surface area contributed by atoms with Gasteiger partial charge in [0.15, 0.2) is 0 Å². The Kier molecular flexibility index (Phi) is 6.23. The Bertz CT molecular complexity index is 1370. The van der Waals surface area contributed by atoms with E-state index in [-0.39, 0.29) is 11.7 Å². The van der Waals surface area contributed by atoms with Gasteiger partial charge in [-0.1, -0.05) is 18.2 Å². The highest BCUT2D eigenvalue weighted by atomic mass is 19.1. The Labute approximate surface area is 203 Å². The van der Waals surface area contributed by atoms with Gasteiger partial charge in [-0.15, -0.1) is 0 Å². The number of pyridine rings is 1. The lowest BCUT2D eigenvalue weighted by molar-refractivity contribution is 0.0748. The van der Waals surface area contributed by atoms with Crippen LogP contribution in [0.5, 0.6) is 11.5 Å². The fraction of sp³-hybridized carbons (Fsp3) is 0.214. The zero-order valence-electron chi connectivity index (χ0n) is 19.7. The molecule has 2 heterocycles. The average Bonchev–Trinajstić information content (AvgIpc) is 2.92. The van der Waals surface area contributed by atoms with Crippen LogP contribution in [-0.4, -0.2) is 56.2 Å². The van der Waals surface area contributed by atoms with E-state index in [2.05, 4.69) is 4.90 Å². The number of carbonyl (C=O) groups excluding carboxylic acids is 1. The Morgan fingerprint density at radius 2 is 1.63 bits per heavy atom. The molecule has 178 valence electrons. The number of hydrogen-bond donors (Lipinski definition) is 0. The molecule has 0 bridgehead atoms. The molecule has 7 heteroatoms. The fourth-order valence-electron chi connectivity index (χ4n) is 4.49. The third-order valence-corrected chi connectivity index (χ3v) is 6.39. The van der Waals surface area contributed by atoms with E-state index in [0.29, 0.717) is 48.9 Å². The predicted octanol–water partition coefficient (Wildman–Crippen LogP) is 5.02. The number of methoxy groups -OCH3 is 2. The third kappa shape index (κ3) is 4.49. The number of amides is 1. The lowest BCUT2D eigenvalue weighted by atomic mass is 10.0. The van der Waals surface area contributed by atoms with Gasteiger partial charge in [-0.3, -0.25) is 4.79 Å². The number of nitrogens with zero attached hydrogens (tertiary/aromatic N) is 3. The summed E-state index contributed by atoms with van der Waals surface area (Å²) in [6.45, 7) is 2.52. The van der Waals surface area contributed by atoms with Crippen LogP contribution in [0, 0.1) is 5.82 Å². The molecule has 5 rings (SSSR count). The summed E-state index contributed by atoms with van der Waals surface area (Å²) in [7, 11) is 3.21. The topological polar surface area (TPSA) is 54.9 Å². The normalized spacial score (nSPS) is 13.7. The van der Waals surface area contributed by atoms with Crippen LogP contribution in [0.15, 0.2) is 72.8 Å². The second kappa shape index (κ2) is 9.62. The summed E-state index contributed by atoms with van der Waals surface area (Å²) >= 11 is 0. The zero-order valence-corrected chi connectivity index (χ0v) is 19.7. The molecule has 0 radical (unpaired) electrons. The molecule has 1 aromatic heterocycles. The maximum absolute atomic E-state index is 13.7. The van der Waals surface area contributed by atoms with Gasteiger partial charge in [0.1, 0.15) is 17.3 Å². The number of ether oxygens (including phenoxy) is 2. The first-order valence-electron chi connectivity index (χ1n) is 11.5. The summed E-state index contributed by atoms with van der Waals surface area (Å²) in [6.07, 6.45) is 0. The molecule has 6 nitrogen and oxygen atoms in total. The Balaban J connectivity index is 1.46. The second-order valence-electron chi connectivity index (χ2n) is 8.39. The molecule has 35 heavy (non-hydrogen) atoms. The molecule has 1 aliphatic rings. The van der Waals surface area contributed by atoms with E-state index >= 15 is 0 Å². The first-order valence-corrected chi connectivity index (χ1v) is 11.5. The first kappa shape index (κ1) is 22.7. The minimum atomic E-state index is -0.253. The molecule has 0 N–H and O–H groups in total. The van der Waals surface area contributed by atoms with Gasteiger partial charge in [-0.25, -0.2) is 9.37 Å². The molecule has 3 aromatic carbocycles. The minimum absolute atomic E-state index is 0.0314. The number of halogens is 1. The Hall–Kier alpha value is -4.13. The molecule has 0 aliphatic carbocycles. The highest BCUT2D eigenvalue weighted by molar-refractivity contribution is 6.07. The lowest BCUT2D eigenvalue weighted by Gasteiger charge is -2.36. The standard InChI is InChI=1S/C28H26FN3O3/c1-34-21-11-12-23(27(17-21)35-2)26-18-24(22-5-3-4-6-25(22)30-26)28(33)32-15-13-31(14-16-32)20-9-7-19(29)8-10-20/h3-12,17-18H,13-16H2,1-2H3. The van der Waals surface area contributed by atoms with E-state index in [9.17, 15) is 9.18 Å². The molecular weight excluding hydrogens is 445 g/mol. The third-order valence-electron chi connectivity index (χ3n) is 6.39. The number of anilines is 1. The van der Waals surface area contributed by atoms with Gasteiger partial charge in [0, 0.05) is 48.9 Å². The molecule has 1 amide bonds. The molecule has 1 saturated heterocycles. The van der Waals surface area contributed by atoms with E-state index in [1.165, 1.54) is 12.1 Å². The average molecular weight is 472 g/mol. The molecule has 0 atom stereocenters. The number of hydrogen-bond acceptors (Lipinski definition) is 5. The van der Waals surface area contributed by atoms with Crippen LogP contribution in [0.3, 0.4) is 0 Å². The molecule has 4 aromatic rings. The highest BCUT2D eigenvalue weighted by Crippen LogP contribution is 2.34. The van der Waals surface area contributed by atoms with E-state index in [0.717, 1.165) is 22.2 Å². The van der Waals surface area contributed by atoms with Gasteiger partial charge < -0.3 is 19.3 Å². The van der Waals surface area contributed by atoms with Crippen molar-refractivity contribution in [1.82, 2.24) is 9.88 Å². The van der Waals surface area contributed by atoms with Gasteiger partial charge in [0.2, 0.25) is 0 Å². The van der Waals surface area contributed by atoms with Gasteiger partial charge >= 0.3 is 0 Å². The Morgan fingerprint density at radius 1 is 0.886 bits per heavy atom. The second-order valence-corrected chi connectivity index (χ2v) is 8.39. The van der Waals surface area contributed by atoms with E-state index in [4.69, 9.17) is 14.5 Å². The van der Waals surface area contributed by atoms with Gasteiger partial charge in [0.05, 0.1) is 31.0 Å². The monoisotopic (exact) mass is 471 g/mol. The van der Waals surface area contributed by atoms with Crippen molar-refractivity contribution in [2.75, 3.05) is 45.3 Å². The first-order chi connectivity index (χ1) is 17.1. The number of rotatable bonds is 5. The number of piperazine rings is 1. The van der Waals surface area contributed by atoms with Crippen molar-refractivity contribution in [3.8, 4) is 22.8 Å². The van der Waals surface area contributed by atoms with E-state index < -0.39 is 0 Å². The SMILES string of the molecule is COc1ccc(-c2cc(C(=O)N3CCN(c4ccc(F)cc4)CC3)c3ccccc3n2)c(OC)c1. The molecular formula is C28H26FN3O3. The van der Waals surface area contributed by atoms with Crippen molar-refractivity contribution >= 4 is 22.5 Å². The molecule has 1 fully saturated rings. The van der Waals surface area contributed by atoms with Crippen molar-refractivity contribution < 1.29 is 18.7 Å².